The molecule has 3 heteroatoms. The van der Waals surface area contributed by atoms with Crippen LogP contribution in [0.2, 0.25) is 0 Å². The van der Waals surface area contributed by atoms with Gasteiger partial charge < -0.3 is 15.1 Å². The van der Waals surface area contributed by atoms with Gasteiger partial charge in [-0.2, -0.15) is 0 Å². The fourth-order valence-electron chi connectivity index (χ4n) is 3.07. The predicted molar refractivity (Wildman–Crippen MR) is 84.7 cm³/mol. The van der Waals surface area contributed by atoms with E-state index in [4.69, 9.17) is 0 Å². The molecule has 1 N–H and O–H groups in total. The van der Waals surface area contributed by atoms with Crippen molar-refractivity contribution in [2.24, 2.45) is 5.92 Å². The second-order valence-corrected chi connectivity index (χ2v) is 6.25. The zero-order valence-corrected chi connectivity index (χ0v) is 13.6. The van der Waals surface area contributed by atoms with Crippen molar-refractivity contribution in [3.63, 3.8) is 0 Å². The fraction of sp³-hybridized carbons (Fsp3) is 1.00. The van der Waals surface area contributed by atoms with E-state index < -0.39 is 0 Å². The van der Waals surface area contributed by atoms with Crippen LogP contribution >= 0.6 is 0 Å². The van der Waals surface area contributed by atoms with E-state index in [1.807, 2.05) is 0 Å². The van der Waals surface area contributed by atoms with Crippen LogP contribution in [0.3, 0.4) is 0 Å². The van der Waals surface area contributed by atoms with Crippen molar-refractivity contribution < 1.29 is 0 Å². The molecule has 0 spiro atoms. The summed E-state index contributed by atoms with van der Waals surface area (Å²) in [5, 5.41) is 3.74. The lowest BCUT2D eigenvalue weighted by Gasteiger charge is -2.30. The van der Waals surface area contributed by atoms with Crippen LogP contribution in [0.25, 0.3) is 0 Å². The van der Waals surface area contributed by atoms with Gasteiger partial charge in [-0.15, -0.1) is 0 Å². The zero-order valence-electron chi connectivity index (χ0n) is 13.6. The maximum atomic E-state index is 3.74. The predicted octanol–water partition coefficient (Wildman–Crippen LogP) is 2.43. The monoisotopic (exact) mass is 269 g/mol. The van der Waals surface area contributed by atoms with E-state index in [1.54, 1.807) is 0 Å². The third kappa shape index (κ3) is 7.28. The van der Waals surface area contributed by atoms with Crippen LogP contribution in [0.4, 0.5) is 0 Å². The average Bonchev–Trinajstić information content (AvgIpc) is 2.41. The minimum atomic E-state index is 0.669. The molecule has 0 aromatic heterocycles. The van der Waals surface area contributed by atoms with E-state index in [-0.39, 0.29) is 0 Å². The van der Waals surface area contributed by atoms with Crippen molar-refractivity contribution in [2.75, 3.05) is 46.3 Å². The molecule has 0 amide bonds. The third-order valence-corrected chi connectivity index (χ3v) is 4.48. The number of nitrogens with one attached hydrogen (secondary N) is 1. The standard InChI is InChI=1S/C16H35N3/c1-5-19(6-2)12-7-9-15(3)17-13-16-10-8-11-18(4)14-16/h15-17H,5-14H2,1-4H3. The van der Waals surface area contributed by atoms with Crippen molar-refractivity contribution in [1.82, 2.24) is 15.1 Å². The van der Waals surface area contributed by atoms with Crippen LogP contribution in [0.5, 0.6) is 0 Å². The highest BCUT2D eigenvalue weighted by atomic mass is 15.1. The molecule has 114 valence electrons. The van der Waals surface area contributed by atoms with Crippen molar-refractivity contribution in [1.29, 1.82) is 0 Å². The summed E-state index contributed by atoms with van der Waals surface area (Å²) in [6.07, 6.45) is 5.40. The Bertz CT molecular complexity index is 216. The fourth-order valence-corrected chi connectivity index (χ4v) is 3.07. The van der Waals surface area contributed by atoms with E-state index >= 15 is 0 Å². The Morgan fingerprint density at radius 1 is 1.32 bits per heavy atom. The Hall–Kier alpha value is -0.120. The van der Waals surface area contributed by atoms with Crippen molar-refractivity contribution in [3.05, 3.63) is 0 Å². The molecule has 1 heterocycles. The second kappa shape index (κ2) is 9.73. The lowest BCUT2D eigenvalue weighted by Crippen LogP contribution is -2.40. The number of likely N-dealkylation sites (tertiary alicyclic amines) is 1. The van der Waals surface area contributed by atoms with Gasteiger partial charge in [0.25, 0.3) is 0 Å². The number of piperidine rings is 1. The van der Waals surface area contributed by atoms with Gasteiger partial charge in [-0.25, -0.2) is 0 Å². The van der Waals surface area contributed by atoms with E-state index in [2.05, 4.69) is 42.9 Å². The summed E-state index contributed by atoms with van der Waals surface area (Å²) in [5.74, 6) is 0.865. The summed E-state index contributed by atoms with van der Waals surface area (Å²) in [5.41, 5.74) is 0. The van der Waals surface area contributed by atoms with Crippen LogP contribution in [-0.4, -0.2) is 62.2 Å². The molecule has 1 rings (SSSR count). The highest BCUT2D eigenvalue weighted by molar-refractivity contribution is 4.74. The molecule has 19 heavy (non-hydrogen) atoms. The molecule has 0 aliphatic carbocycles. The lowest BCUT2D eigenvalue weighted by molar-refractivity contribution is 0.202. The zero-order chi connectivity index (χ0) is 14.1. The van der Waals surface area contributed by atoms with Gasteiger partial charge in [0.05, 0.1) is 0 Å². The summed E-state index contributed by atoms with van der Waals surface area (Å²) in [6, 6.07) is 0.669. The van der Waals surface area contributed by atoms with Crippen molar-refractivity contribution >= 4 is 0 Å². The molecule has 2 unspecified atom stereocenters. The van der Waals surface area contributed by atoms with Crippen LogP contribution in [0.1, 0.15) is 46.5 Å². The first-order valence-electron chi connectivity index (χ1n) is 8.30. The maximum Gasteiger partial charge on any atom is 0.00393 e. The summed E-state index contributed by atoms with van der Waals surface area (Å²) in [7, 11) is 2.25. The largest absolute Gasteiger partial charge is 0.314 e. The SMILES string of the molecule is CCN(CC)CCCC(C)NCC1CCCN(C)C1. The molecule has 0 bridgehead atoms. The Labute approximate surface area is 120 Å². The molecular weight excluding hydrogens is 234 g/mol. The van der Waals surface area contributed by atoms with Gasteiger partial charge in [-0.1, -0.05) is 13.8 Å². The molecule has 0 aromatic rings. The maximum absolute atomic E-state index is 3.74. The Balaban J connectivity index is 2.05. The van der Waals surface area contributed by atoms with Crippen LogP contribution in [0, 0.1) is 5.92 Å². The van der Waals surface area contributed by atoms with Gasteiger partial charge in [-0.3, -0.25) is 0 Å². The Morgan fingerprint density at radius 2 is 2.05 bits per heavy atom. The van der Waals surface area contributed by atoms with Gasteiger partial charge >= 0.3 is 0 Å². The first kappa shape index (κ1) is 16.9. The highest BCUT2D eigenvalue weighted by Gasteiger charge is 2.17. The molecule has 1 saturated heterocycles. The molecule has 3 nitrogen and oxygen atoms in total. The minimum absolute atomic E-state index is 0.669. The molecule has 0 radical (unpaired) electrons. The molecule has 1 fully saturated rings. The van der Waals surface area contributed by atoms with Gasteiger partial charge in [-0.05, 0) is 78.3 Å². The first-order valence-corrected chi connectivity index (χ1v) is 8.30. The second-order valence-electron chi connectivity index (χ2n) is 6.25. The smallest absolute Gasteiger partial charge is 0.00393 e. The molecule has 0 aromatic carbocycles. The Morgan fingerprint density at radius 3 is 2.68 bits per heavy atom. The summed E-state index contributed by atoms with van der Waals surface area (Å²) in [6.45, 7) is 14.3. The number of rotatable bonds is 9. The van der Waals surface area contributed by atoms with Crippen LogP contribution in [-0.2, 0) is 0 Å². The molecule has 0 saturated carbocycles. The summed E-state index contributed by atoms with van der Waals surface area (Å²) in [4.78, 5) is 4.99. The van der Waals surface area contributed by atoms with Gasteiger partial charge in [0.1, 0.15) is 0 Å². The summed E-state index contributed by atoms with van der Waals surface area (Å²) < 4.78 is 0. The quantitative estimate of drug-likeness (QED) is 0.693. The van der Waals surface area contributed by atoms with Gasteiger partial charge in [0.15, 0.2) is 0 Å². The molecule has 2 atom stereocenters. The normalized spacial score (nSPS) is 22.9. The highest BCUT2D eigenvalue weighted by Crippen LogP contribution is 2.14. The summed E-state index contributed by atoms with van der Waals surface area (Å²) >= 11 is 0. The van der Waals surface area contributed by atoms with E-state index in [0.717, 1.165) is 5.92 Å². The first-order chi connectivity index (χ1) is 9.15. The van der Waals surface area contributed by atoms with E-state index in [9.17, 15) is 0 Å². The van der Waals surface area contributed by atoms with E-state index in [0.29, 0.717) is 6.04 Å². The lowest BCUT2D eigenvalue weighted by atomic mass is 9.98. The van der Waals surface area contributed by atoms with Gasteiger partial charge in [0, 0.05) is 12.6 Å². The molecule has 1 aliphatic rings. The third-order valence-electron chi connectivity index (χ3n) is 4.48. The number of hydrogen-bond acceptors (Lipinski definition) is 3. The minimum Gasteiger partial charge on any atom is -0.314 e. The van der Waals surface area contributed by atoms with E-state index in [1.165, 1.54) is 65.0 Å². The van der Waals surface area contributed by atoms with Crippen LogP contribution < -0.4 is 5.32 Å². The number of hydrogen-bond donors (Lipinski definition) is 1. The molecule has 1 aliphatic heterocycles. The van der Waals surface area contributed by atoms with Crippen molar-refractivity contribution in [2.45, 2.75) is 52.5 Å². The topological polar surface area (TPSA) is 18.5 Å². The van der Waals surface area contributed by atoms with Crippen molar-refractivity contribution in [3.8, 4) is 0 Å². The number of nitrogens with zero attached hydrogens (tertiary/aromatic N) is 2. The van der Waals surface area contributed by atoms with Gasteiger partial charge in [0.2, 0.25) is 0 Å². The average molecular weight is 269 g/mol. The van der Waals surface area contributed by atoms with Crippen LogP contribution in [0.15, 0.2) is 0 Å². The molecular formula is C16H35N3. The Kier molecular flexibility index (Phi) is 8.67.